The molecule has 1 aromatic heterocycles. The van der Waals surface area contributed by atoms with Gasteiger partial charge >= 0.3 is 0 Å². The highest BCUT2D eigenvalue weighted by Gasteiger charge is 2.35. The zero-order chi connectivity index (χ0) is 14.3. The summed E-state index contributed by atoms with van der Waals surface area (Å²) in [7, 11) is 0. The third-order valence-electron chi connectivity index (χ3n) is 4.02. The van der Waals surface area contributed by atoms with Crippen molar-refractivity contribution < 1.29 is 0 Å². The second-order valence-electron chi connectivity index (χ2n) is 5.65. The Morgan fingerprint density at radius 1 is 1.05 bits per heavy atom. The number of fused-ring (bicyclic) bond motifs is 1. The molecule has 3 heteroatoms. The lowest BCUT2D eigenvalue weighted by Gasteiger charge is -2.33. The summed E-state index contributed by atoms with van der Waals surface area (Å²) in [6.07, 6.45) is 4.12. The molecular weight excluding hydrogens is 246 g/mol. The van der Waals surface area contributed by atoms with E-state index < -0.39 is 0 Å². The number of pyridine rings is 1. The third kappa shape index (κ3) is 1.85. The molecule has 0 fully saturated rings. The standard InChI is InChI=1S/C17H21N3/c1-12(2)19-14(4)20(16-8-6-5-7-15(16)19)17-11-18-10-9-13(17)3/h5-12,14H,1-4H3/t14-/m1/s1. The van der Waals surface area contributed by atoms with Gasteiger partial charge in [0.25, 0.3) is 0 Å². The highest BCUT2D eigenvalue weighted by Crippen LogP contribution is 2.45. The summed E-state index contributed by atoms with van der Waals surface area (Å²) < 4.78 is 0. The molecule has 0 unspecified atom stereocenters. The van der Waals surface area contributed by atoms with Gasteiger partial charge in [-0.15, -0.1) is 0 Å². The SMILES string of the molecule is Cc1ccncc1N1c2ccccc2N(C(C)C)[C@H]1C. The molecule has 1 aliphatic heterocycles. The van der Waals surface area contributed by atoms with Crippen LogP contribution in [0.15, 0.2) is 42.7 Å². The molecule has 0 radical (unpaired) electrons. The van der Waals surface area contributed by atoms with Crippen molar-refractivity contribution in [1.82, 2.24) is 4.98 Å². The molecule has 20 heavy (non-hydrogen) atoms. The minimum atomic E-state index is 0.301. The van der Waals surface area contributed by atoms with Gasteiger partial charge in [0.1, 0.15) is 6.17 Å². The smallest absolute Gasteiger partial charge is 0.104 e. The molecule has 0 bridgehead atoms. The summed E-state index contributed by atoms with van der Waals surface area (Å²) in [4.78, 5) is 9.15. The Kier molecular flexibility index (Phi) is 3.13. The highest BCUT2D eigenvalue weighted by molar-refractivity contribution is 5.84. The van der Waals surface area contributed by atoms with Crippen LogP contribution >= 0.6 is 0 Å². The van der Waals surface area contributed by atoms with E-state index in [1.165, 1.54) is 22.6 Å². The first-order chi connectivity index (χ1) is 9.61. The van der Waals surface area contributed by atoms with Gasteiger partial charge in [-0.1, -0.05) is 12.1 Å². The van der Waals surface area contributed by atoms with Crippen molar-refractivity contribution in [2.75, 3.05) is 9.80 Å². The highest BCUT2D eigenvalue weighted by atomic mass is 15.4. The number of benzene rings is 1. The predicted molar refractivity (Wildman–Crippen MR) is 84.6 cm³/mol. The zero-order valence-corrected chi connectivity index (χ0v) is 12.5. The van der Waals surface area contributed by atoms with Crippen LogP contribution in [0, 0.1) is 6.92 Å². The van der Waals surface area contributed by atoms with Crippen molar-refractivity contribution in [2.24, 2.45) is 0 Å². The zero-order valence-electron chi connectivity index (χ0n) is 12.5. The molecule has 1 aliphatic rings. The summed E-state index contributed by atoms with van der Waals surface area (Å²) in [6, 6.07) is 11.2. The first kappa shape index (κ1) is 13.0. The van der Waals surface area contributed by atoms with Crippen LogP contribution in [-0.2, 0) is 0 Å². The maximum atomic E-state index is 4.31. The van der Waals surface area contributed by atoms with Crippen LogP contribution in [0.4, 0.5) is 17.1 Å². The monoisotopic (exact) mass is 267 g/mol. The van der Waals surface area contributed by atoms with Crippen LogP contribution in [0.1, 0.15) is 26.3 Å². The van der Waals surface area contributed by atoms with E-state index in [1.54, 1.807) is 0 Å². The predicted octanol–water partition coefficient (Wildman–Crippen LogP) is 4.10. The van der Waals surface area contributed by atoms with E-state index in [-0.39, 0.29) is 0 Å². The van der Waals surface area contributed by atoms with Crippen molar-refractivity contribution in [2.45, 2.75) is 39.9 Å². The first-order valence-electron chi connectivity index (χ1n) is 7.18. The number of anilines is 3. The number of para-hydroxylation sites is 2. The number of hydrogen-bond acceptors (Lipinski definition) is 3. The molecule has 1 atom stereocenters. The van der Waals surface area contributed by atoms with Gasteiger partial charge in [0.15, 0.2) is 0 Å². The maximum Gasteiger partial charge on any atom is 0.104 e. The fourth-order valence-electron chi connectivity index (χ4n) is 3.16. The molecule has 0 spiro atoms. The van der Waals surface area contributed by atoms with E-state index in [4.69, 9.17) is 0 Å². The summed E-state index contributed by atoms with van der Waals surface area (Å²) in [6.45, 7) is 8.89. The van der Waals surface area contributed by atoms with Crippen molar-refractivity contribution in [1.29, 1.82) is 0 Å². The molecule has 0 aliphatic carbocycles. The quantitative estimate of drug-likeness (QED) is 0.816. The van der Waals surface area contributed by atoms with Crippen LogP contribution in [0.25, 0.3) is 0 Å². The Morgan fingerprint density at radius 3 is 2.40 bits per heavy atom. The van der Waals surface area contributed by atoms with Gasteiger partial charge < -0.3 is 9.80 Å². The lowest BCUT2D eigenvalue weighted by Crippen LogP contribution is -2.42. The van der Waals surface area contributed by atoms with Gasteiger partial charge in [-0.2, -0.15) is 0 Å². The fraction of sp³-hybridized carbons (Fsp3) is 0.353. The Balaban J connectivity index is 2.16. The molecule has 0 amide bonds. The van der Waals surface area contributed by atoms with Crippen molar-refractivity contribution in [3.8, 4) is 0 Å². The summed E-state index contributed by atoms with van der Waals surface area (Å²) in [5.41, 5.74) is 5.02. The van der Waals surface area contributed by atoms with E-state index in [0.29, 0.717) is 12.2 Å². The van der Waals surface area contributed by atoms with Gasteiger partial charge in [-0.3, -0.25) is 4.98 Å². The second kappa shape index (κ2) is 4.82. The molecule has 104 valence electrons. The molecule has 3 rings (SSSR count). The van der Waals surface area contributed by atoms with Gasteiger partial charge in [-0.25, -0.2) is 0 Å². The Labute approximate surface area is 120 Å². The Hall–Kier alpha value is -2.03. The van der Waals surface area contributed by atoms with Crippen LogP contribution in [0.5, 0.6) is 0 Å². The number of aryl methyl sites for hydroxylation is 1. The van der Waals surface area contributed by atoms with Crippen LogP contribution < -0.4 is 9.80 Å². The van der Waals surface area contributed by atoms with Crippen LogP contribution in [0.3, 0.4) is 0 Å². The van der Waals surface area contributed by atoms with E-state index in [0.717, 1.165) is 0 Å². The summed E-state index contributed by atoms with van der Waals surface area (Å²) in [5.74, 6) is 0. The number of aromatic nitrogens is 1. The molecule has 2 aromatic rings. The number of nitrogens with zero attached hydrogens (tertiary/aromatic N) is 3. The van der Waals surface area contributed by atoms with E-state index >= 15 is 0 Å². The summed E-state index contributed by atoms with van der Waals surface area (Å²) in [5, 5.41) is 0. The second-order valence-corrected chi connectivity index (χ2v) is 5.65. The van der Waals surface area contributed by atoms with Gasteiger partial charge in [0.2, 0.25) is 0 Å². The van der Waals surface area contributed by atoms with E-state index in [2.05, 4.69) is 72.8 Å². The van der Waals surface area contributed by atoms with Gasteiger partial charge in [-0.05, 0) is 51.5 Å². The first-order valence-corrected chi connectivity index (χ1v) is 7.18. The third-order valence-corrected chi connectivity index (χ3v) is 4.02. The van der Waals surface area contributed by atoms with Gasteiger partial charge in [0.05, 0.1) is 23.3 Å². The molecule has 3 nitrogen and oxygen atoms in total. The minimum Gasteiger partial charge on any atom is -0.347 e. The fourth-order valence-corrected chi connectivity index (χ4v) is 3.16. The summed E-state index contributed by atoms with van der Waals surface area (Å²) >= 11 is 0. The van der Waals surface area contributed by atoms with Gasteiger partial charge in [0, 0.05) is 12.2 Å². The van der Waals surface area contributed by atoms with E-state index in [1.807, 2.05) is 12.4 Å². The Morgan fingerprint density at radius 2 is 1.75 bits per heavy atom. The number of hydrogen-bond donors (Lipinski definition) is 0. The largest absolute Gasteiger partial charge is 0.347 e. The number of rotatable bonds is 2. The van der Waals surface area contributed by atoms with E-state index in [9.17, 15) is 0 Å². The van der Waals surface area contributed by atoms with Crippen LogP contribution in [-0.4, -0.2) is 17.2 Å². The molecule has 0 N–H and O–H groups in total. The molecule has 1 aromatic carbocycles. The average molecular weight is 267 g/mol. The Bertz CT molecular complexity index is 621. The lowest BCUT2D eigenvalue weighted by atomic mass is 10.2. The normalized spacial score (nSPS) is 17.8. The maximum absolute atomic E-state index is 4.31. The molecule has 2 heterocycles. The molecule has 0 saturated carbocycles. The van der Waals surface area contributed by atoms with Crippen LogP contribution in [0.2, 0.25) is 0 Å². The lowest BCUT2D eigenvalue weighted by molar-refractivity contribution is 0.606. The minimum absolute atomic E-state index is 0.301. The molecule has 0 saturated heterocycles. The van der Waals surface area contributed by atoms with Crippen molar-refractivity contribution in [3.63, 3.8) is 0 Å². The molecular formula is C17H21N3. The van der Waals surface area contributed by atoms with Crippen molar-refractivity contribution >= 4 is 17.1 Å². The van der Waals surface area contributed by atoms with Crippen molar-refractivity contribution in [3.05, 3.63) is 48.3 Å². The average Bonchev–Trinajstić information content (AvgIpc) is 2.71. The topological polar surface area (TPSA) is 19.4 Å².